The summed E-state index contributed by atoms with van der Waals surface area (Å²) in [5, 5.41) is 3.96. The van der Waals surface area contributed by atoms with Gasteiger partial charge in [-0.2, -0.15) is 0 Å². The van der Waals surface area contributed by atoms with E-state index in [9.17, 15) is 4.79 Å². The number of hydrogen-bond acceptors (Lipinski definition) is 5. The molecule has 2 aromatic rings. The number of carbonyl (C=O) groups excluding carboxylic acids is 1. The van der Waals surface area contributed by atoms with Gasteiger partial charge in [0.1, 0.15) is 0 Å². The van der Waals surface area contributed by atoms with Gasteiger partial charge in [-0.1, -0.05) is 11.6 Å². The van der Waals surface area contributed by atoms with E-state index in [1.165, 1.54) is 11.8 Å². The molecule has 0 spiro atoms. The summed E-state index contributed by atoms with van der Waals surface area (Å²) < 4.78 is 10.8. The molecule has 1 amide bonds. The van der Waals surface area contributed by atoms with E-state index in [0.717, 1.165) is 22.6 Å². The van der Waals surface area contributed by atoms with Crippen LogP contribution in [0.5, 0.6) is 11.5 Å². The van der Waals surface area contributed by atoms with E-state index in [4.69, 9.17) is 21.1 Å². The minimum atomic E-state index is -0.171. The molecule has 5 nitrogen and oxygen atoms in total. The molecule has 2 aliphatic heterocycles. The van der Waals surface area contributed by atoms with Crippen LogP contribution in [0.1, 0.15) is 11.1 Å². The Bertz CT molecular complexity index is 923. The lowest BCUT2D eigenvalue weighted by Gasteiger charge is -2.03. The Balaban J connectivity index is 1.60. The number of fused-ring (bicyclic) bond motifs is 1. The number of aryl methyl sites for hydroxylation is 1. The number of benzene rings is 2. The SMILES string of the molecule is Cc1cc2c(cc1/C=C1\SC(=Nc3ccc(Cl)cc3)NC1=O)OCO2. The van der Waals surface area contributed by atoms with Crippen LogP contribution in [0.15, 0.2) is 46.3 Å². The van der Waals surface area contributed by atoms with Gasteiger partial charge >= 0.3 is 0 Å². The third kappa shape index (κ3) is 3.36. The van der Waals surface area contributed by atoms with Gasteiger partial charge in [0, 0.05) is 5.02 Å². The molecule has 0 radical (unpaired) electrons. The summed E-state index contributed by atoms with van der Waals surface area (Å²) in [7, 11) is 0. The second-order valence-corrected chi connectivity index (χ2v) is 6.99. The Morgan fingerprint density at radius 1 is 1.20 bits per heavy atom. The lowest BCUT2D eigenvalue weighted by atomic mass is 10.1. The van der Waals surface area contributed by atoms with Crippen molar-refractivity contribution in [1.29, 1.82) is 0 Å². The minimum Gasteiger partial charge on any atom is -0.454 e. The van der Waals surface area contributed by atoms with E-state index in [2.05, 4.69) is 10.3 Å². The van der Waals surface area contributed by atoms with Gasteiger partial charge in [-0.15, -0.1) is 0 Å². The van der Waals surface area contributed by atoms with Crippen LogP contribution in [-0.2, 0) is 4.79 Å². The van der Waals surface area contributed by atoms with Gasteiger partial charge in [0.15, 0.2) is 16.7 Å². The fourth-order valence-corrected chi connectivity index (χ4v) is 3.43. The van der Waals surface area contributed by atoms with Crippen molar-refractivity contribution in [3.63, 3.8) is 0 Å². The fraction of sp³-hybridized carbons (Fsp3) is 0.111. The number of aliphatic imine (C=N–C) groups is 1. The number of amides is 1. The molecular weight excluding hydrogens is 360 g/mol. The summed E-state index contributed by atoms with van der Waals surface area (Å²) in [4.78, 5) is 17.2. The highest BCUT2D eigenvalue weighted by Crippen LogP contribution is 2.36. The molecule has 4 rings (SSSR count). The van der Waals surface area contributed by atoms with Crippen molar-refractivity contribution in [2.75, 3.05) is 6.79 Å². The molecule has 25 heavy (non-hydrogen) atoms. The molecule has 2 aliphatic rings. The Hall–Kier alpha value is -2.44. The maximum atomic E-state index is 12.2. The van der Waals surface area contributed by atoms with Crippen LogP contribution in [0.3, 0.4) is 0 Å². The molecule has 2 aromatic carbocycles. The Kier molecular flexibility index (Phi) is 4.15. The number of thioether (sulfide) groups is 1. The number of amidine groups is 1. The molecule has 2 heterocycles. The zero-order valence-electron chi connectivity index (χ0n) is 13.2. The smallest absolute Gasteiger partial charge is 0.264 e. The van der Waals surface area contributed by atoms with E-state index >= 15 is 0 Å². The highest BCUT2D eigenvalue weighted by molar-refractivity contribution is 8.18. The summed E-state index contributed by atoms with van der Waals surface area (Å²) in [6.45, 7) is 2.19. The van der Waals surface area contributed by atoms with Crippen molar-refractivity contribution in [2.45, 2.75) is 6.92 Å². The van der Waals surface area contributed by atoms with E-state index in [1.54, 1.807) is 24.3 Å². The lowest BCUT2D eigenvalue weighted by molar-refractivity contribution is -0.115. The first-order valence-electron chi connectivity index (χ1n) is 7.54. The summed E-state index contributed by atoms with van der Waals surface area (Å²) in [6, 6.07) is 10.9. The van der Waals surface area contributed by atoms with E-state index in [-0.39, 0.29) is 12.7 Å². The summed E-state index contributed by atoms with van der Waals surface area (Å²) in [6.07, 6.45) is 1.83. The topological polar surface area (TPSA) is 59.9 Å². The quantitative estimate of drug-likeness (QED) is 0.800. The second-order valence-electron chi connectivity index (χ2n) is 5.52. The van der Waals surface area contributed by atoms with Gasteiger partial charge in [-0.3, -0.25) is 4.79 Å². The number of ether oxygens (including phenoxy) is 2. The first kappa shape index (κ1) is 16.1. The van der Waals surface area contributed by atoms with Crippen LogP contribution in [0.2, 0.25) is 5.02 Å². The van der Waals surface area contributed by atoms with Gasteiger partial charge < -0.3 is 14.8 Å². The largest absolute Gasteiger partial charge is 0.454 e. The predicted octanol–water partition coefficient (Wildman–Crippen LogP) is 4.27. The molecule has 126 valence electrons. The molecule has 1 saturated heterocycles. The molecule has 1 fully saturated rings. The molecular formula is C18H13ClN2O3S. The zero-order chi connectivity index (χ0) is 17.4. The minimum absolute atomic E-state index is 0.171. The van der Waals surface area contributed by atoms with Gasteiger partial charge in [0.25, 0.3) is 5.91 Å². The van der Waals surface area contributed by atoms with Gasteiger partial charge in [0.05, 0.1) is 10.6 Å². The number of rotatable bonds is 2. The molecule has 0 aromatic heterocycles. The Morgan fingerprint density at radius 3 is 2.68 bits per heavy atom. The van der Waals surface area contributed by atoms with Crippen LogP contribution in [0.4, 0.5) is 5.69 Å². The number of hydrogen-bond donors (Lipinski definition) is 1. The first-order valence-corrected chi connectivity index (χ1v) is 8.73. The fourth-order valence-electron chi connectivity index (χ4n) is 2.47. The highest BCUT2D eigenvalue weighted by atomic mass is 35.5. The monoisotopic (exact) mass is 372 g/mol. The first-order chi connectivity index (χ1) is 12.1. The van der Waals surface area contributed by atoms with E-state index < -0.39 is 0 Å². The second kappa shape index (κ2) is 6.46. The summed E-state index contributed by atoms with van der Waals surface area (Å²) >= 11 is 7.17. The van der Waals surface area contributed by atoms with Crippen LogP contribution in [0, 0.1) is 6.92 Å². The predicted molar refractivity (Wildman–Crippen MR) is 99.6 cm³/mol. The van der Waals surface area contributed by atoms with Gasteiger partial charge in [-0.05, 0) is 72.3 Å². The van der Waals surface area contributed by atoms with Crippen LogP contribution >= 0.6 is 23.4 Å². The highest BCUT2D eigenvalue weighted by Gasteiger charge is 2.24. The van der Waals surface area contributed by atoms with Crippen molar-refractivity contribution >= 4 is 46.2 Å². The van der Waals surface area contributed by atoms with Gasteiger partial charge in [-0.25, -0.2) is 4.99 Å². The summed E-state index contributed by atoms with van der Waals surface area (Å²) in [5.74, 6) is 1.25. The van der Waals surface area contributed by atoms with Crippen molar-refractivity contribution in [2.24, 2.45) is 4.99 Å². The molecule has 0 bridgehead atoms. The third-order valence-electron chi connectivity index (χ3n) is 3.76. The molecule has 0 unspecified atom stereocenters. The van der Waals surface area contributed by atoms with Crippen molar-refractivity contribution in [3.8, 4) is 11.5 Å². The lowest BCUT2D eigenvalue weighted by Crippen LogP contribution is -2.19. The molecule has 0 aliphatic carbocycles. The van der Waals surface area contributed by atoms with E-state index in [1.807, 2.05) is 25.1 Å². The number of nitrogens with zero attached hydrogens (tertiary/aromatic N) is 1. The standard InChI is InChI=1S/C18H13ClN2O3S/c1-10-6-14-15(24-9-23-14)7-11(10)8-16-17(22)21-18(25-16)20-13-4-2-12(19)3-5-13/h2-8H,9H2,1H3,(H,20,21,22)/b16-8-. The van der Waals surface area contributed by atoms with Gasteiger partial charge in [0.2, 0.25) is 6.79 Å². The maximum absolute atomic E-state index is 12.2. The number of nitrogens with one attached hydrogen (secondary N) is 1. The molecule has 0 atom stereocenters. The third-order valence-corrected chi connectivity index (χ3v) is 4.92. The van der Waals surface area contributed by atoms with Crippen LogP contribution < -0.4 is 14.8 Å². The van der Waals surface area contributed by atoms with Crippen molar-refractivity contribution in [3.05, 3.63) is 57.5 Å². The number of carbonyl (C=O) groups is 1. The Morgan fingerprint density at radius 2 is 1.92 bits per heavy atom. The van der Waals surface area contributed by atoms with Crippen molar-refractivity contribution < 1.29 is 14.3 Å². The van der Waals surface area contributed by atoms with Crippen LogP contribution in [-0.4, -0.2) is 17.9 Å². The van der Waals surface area contributed by atoms with Crippen molar-refractivity contribution in [1.82, 2.24) is 5.32 Å². The zero-order valence-corrected chi connectivity index (χ0v) is 14.8. The summed E-state index contributed by atoms with van der Waals surface area (Å²) in [5.41, 5.74) is 2.65. The molecule has 7 heteroatoms. The van der Waals surface area contributed by atoms with Crippen LogP contribution in [0.25, 0.3) is 6.08 Å². The maximum Gasteiger partial charge on any atom is 0.264 e. The normalized spacial score (nSPS) is 18.9. The van der Waals surface area contributed by atoms with E-state index in [0.29, 0.717) is 20.8 Å². The number of halogens is 1. The average Bonchev–Trinajstić information content (AvgIpc) is 3.16. The Labute approximate surface area is 153 Å². The average molecular weight is 373 g/mol. The molecule has 0 saturated carbocycles. The molecule has 1 N–H and O–H groups in total.